The van der Waals surface area contributed by atoms with Crippen molar-refractivity contribution in [1.82, 2.24) is 15.2 Å². The van der Waals surface area contributed by atoms with Gasteiger partial charge in [-0.3, -0.25) is 10.1 Å². The molecule has 30 heavy (non-hydrogen) atoms. The van der Waals surface area contributed by atoms with Crippen molar-refractivity contribution in [3.8, 4) is 34.7 Å². The number of benzene rings is 1. The standard InChI is InChI=1S/C22H21N5O3/c1-3-28-16-6-5-14(11-17(16)29-4-2)18-15(12-23)21(24)30-22-19(18)20(26-27-22)13-7-9-25-10-8-13/h5-11,18H,3-4,24H2,1-2H3,(H,26,27)/t18-/m0/s1. The van der Waals surface area contributed by atoms with Crippen LogP contribution in [0.25, 0.3) is 11.3 Å². The third-order valence-corrected chi connectivity index (χ3v) is 4.81. The fourth-order valence-corrected chi connectivity index (χ4v) is 3.56. The predicted molar refractivity (Wildman–Crippen MR) is 110 cm³/mol. The van der Waals surface area contributed by atoms with Gasteiger partial charge in [0.15, 0.2) is 11.5 Å². The predicted octanol–water partition coefficient (Wildman–Crippen LogP) is 3.49. The Morgan fingerprint density at radius 1 is 1.13 bits per heavy atom. The van der Waals surface area contributed by atoms with Crippen molar-refractivity contribution in [3.05, 3.63) is 65.3 Å². The molecule has 8 heteroatoms. The van der Waals surface area contributed by atoms with Gasteiger partial charge in [0.25, 0.3) is 0 Å². The molecule has 0 spiro atoms. The molecule has 0 saturated carbocycles. The lowest BCUT2D eigenvalue weighted by atomic mass is 9.83. The second-order valence-electron chi connectivity index (χ2n) is 6.55. The van der Waals surface area contributed by atoms with Crippen LogP contribution in [0.3, 0.4) is 0 Å². The Morgan fingerprint density at radius 2 is 1.87 bits per heavy atom. The molecule has 3 N–H and O–H groups in total. The minimum absolute atomic E-state index is 0.0367. The van der Waals surface area contributed by atoms with Gasteiger partial charge in [-0.1, -0.05) is 6.07 Å². The first-order valence-corrected chi connectivity index (χ1v) is 9.63. The maximum absolute atomic E-state index is 9.86. The molecule has 0 amide bonds. The third-order valence-electron chi connectivity index (χ3n) is 4.81. The van der Waals surface area contributed by atoms with Crippen LogP contribution in [0.4, 0.5) is 0 Å². The molecule has 0 aliphatic carbocycles. The Balaban J connectivity index is 1.90. The molecular formula is C22H21N5O3. The van der Waals surface area contributed by atoms with Crippen molar-refractivity contribution < 1.29 is 14.2 Å². The Bertz CT molecular complexity index is 1130. The van der Waals surface area contributed by atoms with Gasteiger partial charge in [-0.25, -0.2) is 0 Å². The average Bonchev–Trinajstić information content (AvgIpc) is 3.18. The Labute approximate surface area is 173 Å². The lowest BCUT2D eigenvalue weighted by Crippen LogP contribution is -2.21. The van der Waals surface area contributed by atoms with Crippen molar-refractivity contribution in [2.75, 3.05) is 13.2 Å². The molecule has 1 atom stereocenters. The van der Waals surface area contributed by atoms with E-state index < -0.39 is 5.92 Å². The van der Waals surface area contributed by atoms with Gasteiger partial charge in [-0.15, -0.1) is 5.10 Å². The van der Waals surface area contributed by atoms with Crippen LogP contribution in [0.15, 0.2) is 54.2 Å². The molecule has 1 aliphatic heterocycles. The maximum Gasteiger partial charge on any atom is 0.244 e. The van der Waals surface area contributed by atoms with E-state index in [1.807, 2.05) is 44.2 Å². The zero-order valence-electron chi connectivity index (χ0n) is 16.7. The second kappa shape index (κ2) is 8.17. The van der Waals surface area contributed by atoms with Gasteiger partial charge in [0.1, 0.15) is 11.6 Å². The molecule has 0 radical (unpaired) electrons. The lowest BCUT2D eigenvalue weighted by molar-refractivity contribution is 0.287. The molecule has 0 unspecified atom stereocenters. The van der Waals surface area contributed by atoms with Crippen LogP contribution in [0, 0.1) is 11.3 Å². The summed E-state index contributed by atoms with van der Waals surface area (Å²) in [6, 6.07) is 11.6. The summed E-state index contributed by atoms with van der Waals surface area (Å²) in [7, 11) is 0. The Hall–Kier alpha value is -3.99. The monoisotopic (exact) mass is 403 g/mol. The number of rotatable bonds is 6. The van der Waals surface area contributed by atoms with Gasteiger partial charge in [0.05, 0.1) is 30.4 Å². The molecule has 0 saturated heterocycles. The van der Waals surface area contributed by atoms with Crippen molar-refractivity contribution >= 4 is 0 Å². The Morgan fingerprint density at radius 3 is 2.57 bits per heavy atom. The maximum atomic E-state index is 9.86. The van der Waals surface area contributed by atoms with E-state index in [1.54, 1.807) is 12.4 Å². The zero-order chi connectivity index (χ0) is 21.1. The van der Waals surface area contributed by atoms with Crippen LogP contribution >= 0.6 is 0 Å². The van der Waals surface area contributed by atoms with Gasteiger partial charge >= 0.3 is 0 Å². The number of hydrogen-bond donors (Lipinski definition) is 2. The van der Waals surface area contributed by atoms with Crippen LogP contribution in [-0.4, -0.2) is 28.4 Å². The van der Waals surface area contributed by atoms with Crippen LogP contribution < -0.4 is 19.9 Å². The molecule has 0 bridgehead atoms. The van der Waals surface area contributed by atoms with E-state index in [2.05, 4.69) is 21.3 Å². The van der Waals surface area contributed by atoms with E-state index >= 15 is 0 Å². The molecule has 0 fully saturated rings. The largest absolute Gasteiger partial charge is 0.490 e. The number of ether oxygens (including phenoxy) is 3. The molecule has 152 valence electrons. The molecule has 8 nitrogen and oxygen atoms in total. The van der Waals surface area contributed by atoms with Gasteiger partial charge in [0.2, 0.25) is 11.8 Å². The van der Waals surface area contributed by atoms with Gasteiger partial charge in [-0.2, -0.15) is 5.26 Å². The molecule has 1 aliphatic rings. The number of nitrogens with two attached hydrogens (primary N) is 1. The first-order valence-electron chi connectivity index (χ1n) is 9.63. The van der Waals surface area contributed by atoms with E-state index in [0.717, 1.165) is 22.4 Å². The summed E-state index contributed by atoms with van der Waals surface area (Å²) in [5.74, 6) is 1.16. The first kappa shape index (κ1) is 19.3. The normalized spacial score (nSPS) is 15.2. The molecule has 3 heterocycles. The first-order chi connectivity index (χ1) is 14.7. The minimum Gasteiger partial charge on any atom is -0.490 e. The summed E-state index contributed by atoms with van der Waals surface area (Å²) in [6.07, 6.45) is 3.39. The van der Waals surface area contributed by atoms with Gasteiger partial charge < -0.3 is 19.9 Å². The summed E-state index contributed by atoms with van der Waals surface area (Å²) in [5, 5.41) is 17.2. The smallest absolute Gasteiger partial charge is 0.244 e. The number of nitrogens with one attached hydrogen (secondary N) is 1. The summed E-state index contributed by atoms with van der Waals surface area (Å²) < 4.78 is 17.1. The molecule has 2 aromatic heterocycles. The number of nitrogens with zero attached hydrogens (tertiary/aromatic N) is 3. The fourth-order valence-electron chi connectivity index (χ4n) is 3.56. The van der Waals surface area contributed by atoms with Gasteiger partial charge in [0, 0.05) is 18.0 Å². The van der Waals surface area contributed by atoms with Crippen LogP contribution in [-0.2, 0) is 0 Å². The average molecular weight is 403 g/mol. The van der Waals surface area contributed by atoms with Crippen LogP contribution in [0.1, 0.15) is 30.9 Å². The highest BCUT2D eigenvalue weighted by molar-refractivity contribution is 5.70. The summed E-state index contributed by atoms with van der Waals surface area (Å²) >= 11 is 0. The lowest BCUT2D eigenvalue weighted by Gasteiger charge is -2.25. The fraction of sp³-hybridized carbons (Fsp3) is 0.227. The number of hydrogen-bond acceptors (Lipinski definition) is 7. The third kappa shape index (κ3) is 3.31. The van der Waals surface area contributed by atoms with Crippen molar-refractivity contribution in [2.24, 2.45) is 5.73 Å². The van der Waals surface area contributed by atoms with E-state index in [4.69, 9.17) is 19.9 Å². The topological polar surface area (TPSA) is 119 Å². The molecular weight excluding hydrogens is 382 g/mol. The van der Waals surface area contributed by atoms with Gasteiger partial charge in [-0.05, 0) is 43.7 Å². The summed E-state index contributed by atoms with van der Waals surface area (Å²) in [5.41, 5.74) is 9.55. The van der Waals surface area contributed by atoms with E-state index in [-0.39, 0.29) is 5.88 Å². The van der Waals surface area contributed by atoms with Crippen molar-refractivity contribution in [1.29, 1.82) is 5.26 Å². The highest BCUT2D eigenvalue weighted by atomic mass is 16.5. The Kier molecular flexibility index (Phi) is 5.26. The highest BCUT2D eigenvalue weighted by Gasteiger charge is 2.36. The number of H-pyrrole nitrogens is 1. The number of aromatic nitrogens is 3. The SMILES string of the molecule is CCOc1ccc([C@H]2C(C#N)=C(N)Oc3n[nH]c(-c4ccncc4)c32)cc1OCC. The highest BCUT2D eigenvalue weighted by Crippen LogP contribution is 2.46. The van der Waals surface area contributed by atoms with Crippen molar-refractivity contribution in [3.63, 3.8) is 0 Å². The minimum atomic E-state index is -0.476. The van der Waals surface area contributed by atoms with E-state index in [0.29, 0.717) is 36.2 Å². The van der Waals surface area contributed by atoms with E-state index in [1.165, 1.54) is 0 Å². The quantitative estimate of drug-likeness (QED) is 0.646. The van der Waals surface area contributed by atoms with E-state index in [9.17, 15) is 5.26 Å². The van der Waals surface area contributed by atoms with Crippen LogP contribution in [0.2, 0.25) is 0 Å². The molecule has 4 rings (SSSR count). The van der Waals surface area contributed by atoms with Crippen molar-refractivity contribution in [2.45, 2.75) is 19.8 Å². The second-order valence-corrected chi connectivity index (χ2v) is 6.55. The number of nitriles is 1. The number of fused-ring (bicyclic) bond motifs is 1. The molecule has 3 aromatic rings. The number of allylic oxidation sites excluding steroid dienone is 1. The summed E-state index contributed by atoms with van der Waals surface area (Å²) in [6.45, 7) is 4.83. The number of aromatic amines is 1. The van der Waals surface area contributed by atoms with Crippen LogP contribution in [0.5, 0.6) is 17.4 Å². The summed E-state index contributed by atoms with van der Waals surface area (Å²) in [4.78, 5) is 4.07. The number of pyridine rings is 1. The molecule has 1 aromatic carbocycles. The zero-order valence-corrected chi connectivity index (χ0v) is 16.7.